The van der Waals surface area contributed by atoms with Gasteiger partial charge in [0.05, 0.1) is 16.3 Å². The molecular formula is C28H26N4O3S. The van der Waals surface area contributed by atoms with Gasteiger partial charge in [0.15, 0.2) is 5.54 Å². The van der Waals surface area contributed by atoms with Crippen LogP contribution in [0.4, 0.5) is 4.79 Å². The second-order valence-corrected chi connectivity index (χ2v) is 10.0. The van der Waals surface area contributed by atoms with Gasteiger partial charge in [-0.25, -0.2) is 9.78 Å². The smallest absolute Gasteiger partial charge is 0.325 e. The second kappa shape index (κ2) is 9.54. The third kappa shape index (κ3) is 4.24. The SMILES string of the molecule is C[C@H](c1nc2ccccc2s1)N(C)C(=O)CN1C(=O)N[C@](Cc2ccccc2)(c2ccccc2)C1=O. The number of aromatic nitrogens is 1. The molecule has 1 saturated heterocycles. The molecule has 1 N–H and O–H groups in total. The molecule has 182 valence electrons. The fourth-order valence-electron chi connectivity index (χ4n) is 4.51. The minimum Gasteiger partial charge on any atom is -0.335 e. The molecular weight excluding hydrogens is 472 g/mol. The number of likely N-dealkylation sites (N-methyl/N-ethyl adjacent to an activating group) is 1. The van der Waals surface area contributed by atoms with Gasteiger partial charge in [-0.05, 0) is 30.2 Å². The van der Waals surface area contributed by atoms with E-state index < -0.39 is 17.5 Å². The average Bonchev–Trinajstić information content (AvgIpc) is 3.44. The van der Waals surface area contributed by atoms with Gasteiger partial charge in [-0.15, -0.1) is 11.3 Å². The standard InChI is InChI=1S/C28H26N4O3S/c1-19(25-29-22-15-9-10-16-23(22)36-25)31(2)24(33)18-32-26(34)28(30-27(32)35,21-13-7-4-8-14-21)17-20-11-5-3-6-12-20/h3-16,19H,17-18H2,1-2H3,(H,30,35)/t19-,28-/m1/s1. The summed E-state index contributed by atoms with van der Waals surface area (Å²) in [6.07, 6.45) is 0.283. The highest BCUT2D eigenvalue weighted by molar-refractivity contribution is 7.18. The zero-order chi connectivity index (χ0) is 25.3. The highest BCUT2D eigenvalue weighted by Crippen LogP contribution is 2.34. The molecule has 1 fully saturated rings. The van der Waals surface area contributed by atoms with Crippen LogP contribution in [-0.2, 0) is 21.5 Å². The van der Waals surface area contributed by atoms with E-state index in [0.717, 1.165) is 25.7 Å². The van der Waals surface area contributed by atoms with E-state index in [1.165, 1.54) is 16.2 Å². The van der Waals surface area contributed by atoms with Gasteiger partial charge in [-0.2, -0.15) is 0 Å². The van der Waals surface area contributed by atoms with Crippen molar-refractivity contribution in [2.45, 2.75) is 24.9 Å². The Hall–Kier alpha value is -4.04. The summed E-state index contributed by atoms with van der Waals surface area (Å²) in [4.78, 5) is 47.4. The fourth-order valence-corrected chi connectivity index (χ4v) is 5.57. The normalized spacial score (nSPS) is 18.3. The molecule has 4 aromatic rings. The summed E-state index contributed by atoms with van der Waals surface area (Å²) in [6, 6.07) is 25.7. The number of nitrogens with one attached hydrogen (secondary N) is 1. The van der Waals surface area contributed by atoms with E-state index in [-0.39, 0.29) is 24.9 Å². The van der Waals surface area contributed by atoms with Gasteiger partial charge in [0.25, 0.3) is 5.91 Å². The molecule has 5 rings (SSSR count). The first kappa shape index (κ1) is 23.7. The lowest BCUT2D eigenvalue weighted by Gasteiger charge is -2.28. The Morgan fingerprint density at radius 1 is 1.00 bits per heavy atom. The van der Waals surface area contributed by atoms with E-state index in [9.17, 15) is 14.4 Å². The Morgan fingerprint density at radius 2 is 1.64 bits per heavy atom. The van der Waals surface area contributed by atoms with Crippen molar-refractivity contribution in [2.24, 2.45) is 0 Å². The van der Waals surface area contributed by atoms with E-state index in [0.29, 0.717) is 5.56 Å². The highest BCUT2D eigenvalue weighted by Gasteiger charge is 2.53. The topological polar surface area (TPSA) is 82.6 Å². The summed E-state index contributed by atoms with van der Waals surface area (Å²) in [5.74, 6) is -0.772. The Bertz CT molecular complexity index is 1390. The van der Waals surface area contributed by atoms with E-state index in [4.69, 9.17) is 0 Å². The van der Waals surface area contributed by atoms with Gasteiger partial charge >= 0.3 is 6.03 Å². The lowest BCUT2D eigenvalue weighted by molar-refractivity contribution is -0.139. The van der Waals surface area contributed by atoms with Crippen LogP contribution in [0, 0.1) is 0 Å². The number of nitrogens with zero attached hydrogens (tertiary/aromatic N) is 3. The number of imide groups is 1. The van der Waals surface area contributed by atoms with Crippen molar-refractivity contribution in [3.8, 4) is 0 Å². The molecule has 0 unspecified atom stereocenters. The van der Waals surface area contributed by atoms with Gasteiger partial charge in [-0.1, -0.05) is 72.8 Å². The zero-order valence-electron chi connectivity index (χ0n) is 20.0. The molecule has 0 bridgehead atoms. The van der Waals surface area contributed by atoms with E-state index in [2.05, 4.69) is 10.3 Å². The van der Waals surface area contributed by atoms with Crippen molar-refractivity contribution in [3.05, 3.63) is 101 Å². The molecule has 0 radical (unpaired) electrons. The number of hydrogen-bond acceptors (Lipinski definition) is 5. The van der Waals surface area contributed by atoms with Crippen LogP contribution in [0.3, 0.4) is 0 Å². The minimum atomic E-state index is -1.28. The van der Waals surface area contributed by atoms with E-state index >= 15 is 0 Å². The summed E-state index contributed by atoms with van der Waals surface area (Å²) >= 11 is 1.53. The van der Waals surface area contributed by atoms with Crippen LogP contribution in [0.5, 0.6) is 0 Å². The number of carbonyl (C=O) groups is 3. The van der Waals surface area contributed by atoms with Crippen LogP contribution in [0.2, 0.25) is 0 Å². The van der Waals surface area contributed by atoms with Crippen molar-refractivity contribution >= 4 is 39.4 Å². The second-order valence-electron chi connectivity index (χ2n) is 8.96. The van der Waals surface area contributed by atoms with E-state index in [1.807, 2.05) is 91.9 Å². The van der Waals surface area contributed by atoms with Crippen LogP contribution in [0.25, 0.3) is 10.2 Å². The first-order chi connectivity index (χ1) is 17.4. The lowest BCUT2D eigenvalue weighted by atomic mass is 9.83. The average molecular weight is 499 g/mol. The molecule has 1 aliphatic heterocycles. The summed E-state index contributed by atoms with van der Waals surface area (Å²) < 4.78 is 1.04. The maximum Gasteiger partial charge on any atom is 0.325 e. The zero-order valence-corrected chi connectivity index (χ0v) is 20.9. The van der Waals surface area contributed by atoms with Gasteiger partial charge in [-0.3, -0.25) is 14.5 Å². The fraction of sp³-hybridized carbons (Fsp3) is 0.214. The number of urea groups is 1. The number of amides is 4. The van der Waals surface area contributed by atoms with Crippen molar-refractivity contribution in [2.75, 3.05) is 13.6 Å². The first-order valence-electron chi connectivity index (χ1n) is 11.7. The highest BCUT2D eigenvalue weighted by atomic mass is 32.1. The quantitative estimate of drug-likeness (QED) is 0.380. The van der Waals surface area contributed by atoms with Crippen molar-refractivity contribution in [3.63, 3.8) is 0 Å². The molecule has 2 heterocycles. The number of carbonyl (C=O) groups excluding carboxylic acids is 3. The number of para-hydroxylation sites is 1. The maximum atomic E-state index is 13.8. The Morgan fingerprint density at radius 3 is 2.33 bits per heavy atom. The van der Waals surface area contributed by atoms with Crippen molar-refractivity contribution < 1.29 is 14.4 Å². The van der Waals surface area contributed by atoms with Gasteiger partial charge in [0.2, 0.25) is 5.91 Å². The summed E-state index contributed by atoms with van der Waals surface area (Å²) in [6.45, 7) is 1.55. The van der Waals surface area contributed by atoms with Crippen LogP contribution in [0.1, 0.15) is 29.1 Å². The summed E-state index contributed by atoms with van der Waals surface area (Å²) in [7, 11) is 1.67. The third-order valence-corrected chi connectivity index (χ3v) is 7.90. The van der Waals surface area contributed by atoms with Crippen molar-refractivity contribution in [1.29, 1.82) is 0 Å². The Balaban J connectivity index is 1.39. The lowest BCUT2D eigenvalue weighted by Crippen LogP contribution is -2.47. The molecule has 1 aromatic heterocycles. The first-order valence-corrected chi connectivity index (χ1v) is 12.6. The molecule has 0 spiro atoms. The van der Waals surface area contributed by atoms with Gasteiger partial charge in [0, 0.05) is 13.5 Å². The summed E-state index contributed by atoms with van der Waals surface area (Å²) in [5, 5.41) is 3.71. The van der Waals surface area contributed by atoms with Crippen LogP contribution < -0.4 is 5.32 Å². The van der Waals surface area contributed by atoms with Gasteiger partial charge < -0.3 is 10.2 Å². The summed E-state index contributed by atoms with van der Waals surface area (Å²) in [5.41, 5.74) is 1.19. The predicted molar refractivity (Wildman–Crippen MR) is 139 cm³/mol. The number of hydrogen-bond donors (Lipinski definition) is 1. The molecule has 0 aliphatic carbocycles. The molecule has 8 heteroatoms. The molecule has 3 aromatic carbocycles. The minimum absolute atomic E-state index is 0.283. The molecule has 36 heavy (non-hydrogen) atoms. The number of rotatable bonds is 7. The maximum absolute atomic E-state index is 13.8. The van der Waals surface area contributed by atoms with Crippen LogP contribution in [0.15, 0.2) is 84.9 Å². The molecule has 0 saturated carbocycles. The van der Waals surface area contributed by atoms with Crippen LogP contribution in [-0.4, -0.2) is 46.2 Å². The third-order valence-electron chi connectivity index (χ3n) is 6.69. The Labute approximate surface area is 213 Å². The number of thiazole rings is 1. The molecule has 4 amide bonds. The van der Waals surface area contributed by atoms with E-state index in [1.54, 1.807) is 7.05 Å². The van der Waals surface area contributed by atoms with Gasteiger partial charge in [0.1, 0.15) is 11.6 Å². The van der Waals surface area contributed by atoms with Crippen molar-refractivity contribution in [1.82, 2.24) is 20.1 Å². The monoisotopic (exact) mass is 498 g/mol. The number of benzene rings is 3. The molecule has 7 nitrogen and oxygen atoms in total. The molecule has 2 atom stereocenters. The van der Waals surface area contributed by atoms with Crippen LogP contribution >= 0.6 is 11.3 Å². The molecule has 1 aliphatic rings. The number of fused-ring (bicyclic) bond motifs is 1. The Kier molecular flexibility index (Phi) is 6.28. The largest absolute Gasteiger partial charge is 0.335 e. The predicted octanol–water partition coefficient (Wildman–Crippen LogP) is 4.51.